The van der Waals surface area contributed by atoms with E-state index in [4.69, 9.17) is 0 Å². The number of halogens is 4. The van der Waals surface area contributed by atoms with Crippen molar-refractivity contribution in [1.29, 1.82) is 0 Å². The second-order valence-corrected chi connectivity index (χ2v) is 16.3. The third-order valence-corrected chi connectivity index (χ3v) is 13.9. The fraction of sp³-hybridized carbons (Fsp3) is 0.788. The Morgan fingerprint density at radius 1 is 1.02 bits per heavy atom. The largest absolute Gasteiger partial charge is 0.416 e. The van der Waals surface area contributed by atoms with Crippen LogP contribution in [0.25, 0.3) is 0 Å². The van der Waals surface area contributed by atoms with E-state index < -0.39 is 38.9 Å². The van der Waals surface area contributed by atoms with Crippen molar-refractivity contribution in [3.05, 3.63) is 29.8 Å². The molecule has 0 radical (unpaired) electrons. The highest BCUT2D eigenvalue weighted by molar-refractivity contribution is 7.90. The van der Waals surface area contributed by atoms with Crippen molar-refractivity contribution in [2.24, 2.45) is 52.3 Å². The monoisotopic (exact) mass is 628 g/mol. The minimum Gasteiger partial charge on any atom is -0.337 e. The maximum Gasteiger partial charge on any atom is 0.416 e. The summed E-state index contributed by atoms with van der Waals surface area (Å²) in [7, 11) is -4.30. The molecule has 5 rings (SSSR count). The number of benzene rings is 1. The fourth-order valence-corrected chi connectivity index (χ4v) is 11.6. The normalized spacial score (nSPS) is 38.4. The number of hydrogen-bond acceptors (Lipinski definition) is 3. The van der Waals surface area contributed by atoms with E-state index in [-0.39, 0.29) is 16.7 Å². The number of amides is 2. The molecule has 2 amide bonds. The molecule has 1 aromatic carbocycles. The molecule has 0 spiro atoms. The van der Waals surface area contributed by atoms with Gasteiger partial charge in [0.05, 0.1) is 10.5 Å². The highest BCUT2D eigenvalue weighted by Gasteiger charge is 2.63. The molecule has 5 nitrogen and oxygen atoms in total. The van der Waals surface area contributed by atoms with Crippen LogP contribution in [0, 0.1) is 52.3 Å². The Morgan fingerprint density at radius 2 is 1.70 bits per heavy atom. The van der Waals surface area contributed by atoms with Gasteiger partial charge < -0.3 is 5.32 Å². The number of carbonyl (C=O) groups is 1. The topological polar surface area (TPSA) is 75.3 Å². The number of carbonyl (C=O) groups excluding carboxylic acids is 1. The Kier molecular flexibility index (Phi) is 8.95. The lowest BCUT2D eigenvalue weighted by molar-refractivity contribution is -0.157. The smallest absolute Gasteiger partial charge is 0.337 e. The summed E-state index contributed by atoms with van der Waals surface area (Å²) < 4.78 is 80.8. The van der Waals surface area contributed by atoms with Crippen molar-refractivity contribution < 1.29 is 30.8 Å². The molecule has 10 atom stereocenters. The molecule has 0 heterocycles. The maximum atomic E-state index is 15.4. The Balaban J connectivity index is 1.18. The SMILES string of the molecule is CC[C@H]1CC2C3CCC([C@H](C)CCNC(=O)NS(=O)(=O)c4ccc(C(F)(F)F)cc4)[C@@]3(C)CCC2[C@@]2(C)CCC[C@H](F)[C@@H]12. The Bertz CT molecular complexity index is 1270. The molecule has 43 heavy (non-hydrogen) atoms. The molecule has 0 saturated heterocycles. The summed E-state index contributed by atoms with van der Waals surface area (Å²) in [5.41, 5.74) is -0.653. The summed E-state index contributed by atoms with van der Waals surface area (Å²) >= 11 is 0. The molecular formula is C33H48F4N2O3S. The summed E-state index contributed by atoms with van der Waals surface area (Å²) in [4.78, 5) is 12.0. The van der Waals surface area contributed by atoms with Gasteiger partial charge in [0.15, 0.2) is 0 Å². The summed E-state index contributed by atoms with van der Waals surface area (Å²) in [5.74, 6) is 3.38. The van der Waals surface area contributed by atoms with E-state index in [9.17, 15) is 26.4 Å². The Labute approximate surface area is 254 Å². The summed E-state index contributed by atoms with van der Waals surface area (Å²) in [6, 6.07) is 2.15. The van der Waals surface area contributed by atoms with Crippen molar-refractivity contribution >= 4 is 16.1 Å². The van der Waals surface area contributed by atoms with Crippen molar-refractivity contribution in [1.82, 2.24) is 10.0 Å². The van der Waals surface area contributed by atoms with E-state index in [1.54, 1.807) is 0 Å². The van der Waals surface area contributed by atoms with Crippen LogP contribution in [0.3, 0.4) is 0 Å². The zero-order valence-corrected chi connectivity index (χ0v) is 26.7. The van der Waals surface area contributed by atoms with Crippen LogP contribution in [0.4, 0.5) is 22.4 Å². The minimum atomic E-state index is -4.58. The predicted octanol–water partition coefficient (Wildman–Crippen LogP) is 8.35. The molecule has 4 fully saturated rings. The minimum absolute atomic E-state index is 0.101. The van der Waals surface area contributed by atoms with Crippen molar-refractivity contribution in [2.45, 2.75) is 109 Å². The van der Waals surface area contributed by atoms with E-state index in [0.29, 0.717) is 60.6 Å². The van der Waals surface area contributed by atoms with E-state index >= 15 is 4.39 Å². The fourth-order valence-electron chi connectivity index (χ4n) is 10.7. The van der Waals surface area contributed by atoms with Crippen LogP contribution in [-0.4, -0.2) is 27.2 Å². The van der Waals surface area contributed by atoms with E-state index in [0.717, 1.165) is 57.1 Å². The van der Waals surface area contributed by atoms with Gasteiger partial charge in [-0.1, -0.05) is 34.1 Å². The average molecular weight is 629 g/mol. The van der Waals surface area contributed by atoms with Gasteiger partial charge in [-0.2, -0.15) is 13.2 Å². The lowest BCUT2D eigenvalue weighted by Crippen LogP contribution is -2.58. The van der Waals surface area contributed by atoms with Crippen molar-refractivity contribution in [3.63, 3.8) is 0 Å². The van der Waals surface area contributed by atoms with Crippen LogP contribution in [0.15, 0.2) is 29.2 Å². The number of sulfonamides is 1. The number of nitrogens with one attached hydrogen (secondary N) is 2. The number of fused-ring (bicyclic) bond motifs is 5. The lowest BCUT2D eigenvalue weighted by Gasteiger charge is -2.63. The Morgan fingerprint density at radius 3 is 2.35 bits per heavy atom. The molecule has 2 N–H and O–H groups in total. The molecule has 4 aliphatic carbocycles. The van der Waals surface area contributed by atoms with E-state index in [2.05, 4.69) is 33.0 Å². The molecule has 1 aromatic rings. The van der Waals surface area contributed by atoms with Crippen LogP contribution < -0.4 is 10.0 Å². The number of urea groups is 1. The summed E-state index contributed by atoms with van der Waals surface area (Å²) in [5, 5.41) is 2.64. The number of hydrogen-bond donors (Lipinski definition) is 2. The standard InChI is InChI=1S/C33H48F4N2O3S/c1-5-21-19-24-26-13-12-25(31(26,3)17-14-27(24)32(4)16-6-7-28(34)29(21)32)20(2)15-18-38-30(40)39-43(41,42)23-10-8-22(9-11-23)33(35,36)37/h8-11,20-21,24-29H,5-7,12-19H2,1-4H3,(H2,38,39,40)/t20-,21+,24?,25?,26?,27?,28+,29-,31-,32-/m1/s1. The van der Waals surface area contributed by atoms with E-state index in [1.807, 2.05) is 4.72 Å². The molecule has 0 aromatic heterocycles. The average Bonchev–Trinajstić information content (AvgIpc) is 3.29. The zero-order valence-electron chi connectivity index (χ0n) is 25.9. The van der Waals surface area contributed by atoms with Gasteiger partial charge in [-0.15, -0.1) is 0 Å². The van der Waals surface area contributed by atoms with Gasteiger partial charge in [-0.25, -0.2) is 22.3 Å². The quantitative estimate of drug-likeness (QED) is 0.298. The molecule has 10 heteroatoms. The van der Waals surface area contributed by atoms with Crippen molar-refractivity contribution in [2.75, 3.05) is 6.54 Å². The summed E-state index contributed by atoms with van der Waals surface area (Å²) in [6.07, 6.45) is 5.20. The number of alkyl halides is 4. The van der Waals surface area contributed by atoms with Gasteiger partial charge in [-0.3, -0.25) is 0 Å². The maximum absolute atomic E-state index is 15.4. The molecule has 4 aliphatic rings. The van der Waals surface area contributed by atoms with Crippen LogP contribution in [0.5, 0.6) is 0 Å². The summed E-state index contributed by atoms with van der Waals surface area (Å²) in [6.45, 7) is 9.65. The molecule has 0 aliphatic heterocycles. The Hall–Kier alpha value is -1.84. The van der Waals surface area contributed by atoms with E-state index in [1.165, 1.54) is 12.8 Å². The van der Waals surface area contributed by atoms with Gasteiger partial charge in [-0.05, 0) is 134 Å². The molecular weight excluding hydrogens is 580 g/mol. The zero-order chi connectivity index (χ0) is 31.4. The van der Waals surface area contributed by atoms with Gasteiger partial charge in [0, 0.05) is 6.54 Å². The molecule has 4 unspecified atom stereocenters. The first-order chi connectivity index (χ1) is 20.1. The highest BCUT2D eigenvalue weighted by Crippen LogP contribution is 2.69. The molecule has 0 bridgehead atoms. The van der Waals surface area contributed by atoms with Gasteiger partial charge in [0.2, 0.25) is 0 Å². The second-order valence-electron chi connectivity index (χ2n) is 14.6. The third-order valence-electron chi connectivity index (χ3n) is 12.6. The predicted molar refractivity (Wildman–Crippen MR) is 158 cm³/mol. The lowest BCUT2D eigenvalue weighted by atomic mass is 9.42. The van der Waals surface area contributed by atoms with Crippen LogP contribution in [-0.2, 0) is 16.2 Å². The second kappa shape index (κ2) is 11.8. The highest BCUT2D eigenvalue weighted by atomic mass is 32.2. The molecule has 242 valence electrons. The first-order valence-corrected chi connectivity index (χ1v) is 17.7. The third kappa shape index (κ3) is 5.95. The molecule has 4 saturated carbocycles. The first kappa shape index (κ1) is 32.6. The van der Waals surface area contributed by atoms with Crippen molar-refractivity contribution in [3.8, 4) is 0 Å². The first-order valence-electron chi connectivity index (χ1n) is 16.2. The van der Waals surface area contributed by atoms with Gasteiger partial charge in [0.25, 0.3) is 10.0 Å². The van der Waals surface area contributed by atoms with Gasteiger partial charge >= 0.3 is 12.2 Å². The number of rotatable bonds is 7. The van der Waals surface area contributed by atoms with Gasteiger partial charge in [0.1, 0.15) is 6.17 Å². The van der Waals surface area contributed by atoms with Crippen LogP contribution in [0.2, 0.25) is 0 Å². The van der Waals surface area contributed by atoms with Crippen LogP contribution in [0.1, 0.15) is 97.5 Å². The van der Waals surface area contributed by atoms with Crippen LogP contribution >= 0.6 is 0 Å².